The molecule has 3 heterocycles. The smallest absolute Gasteiger partial charge is 0.382 e. The molecule has 0 aliphatic rings. The van der Waals surface area contributed by atoms with Crippen LogP contribution in [0.2, 0.25) is 5.02 Å². The summed E-state index contributed by atoms with van der Waals surface area (Å²) in [5.74, 6) is -0.483. The number of alkyl halides is 3. The number of carbonyl (C=O) groups is 1. The van der Waals surface area contributed by atoms with Crippen LogP contribution >= 0.6 is 22.9 Å². The molecule has 5 aromatic rings. The maximum atomic E-state index is 13.1. The molecule has 12 nitrogen and oxygen atoms in total. The molecule has 0 bridgehead atoms. The second kappa shape index (κ2) is 11.0. The minimum Gasteiger partial charge on any atom is -0.382 e. The van der Waals surface area contributed by atoms with Crippen molar-refractivity contribution in [3.63, 3.8) is 0 Å². The number of rotatable bonds is 8. The molecule has 2 aromatic carbocycles. The highest BCUT2D eigenvalue weighted by atomic mass is 35.5. The Bertz CT molecular complexity index is 1700. The van der Waals surface area contributed by atoms with Crippen molar-refractivity contribution in [3.8, 4) is 17.1 Å². The minimum absolute atomic E-state index is 0.0881. The van der Waals surface area contributed by atoms with Gasteiger partial charge in [0.2, 0.25) is 5.13 Å². The van der Waals surface area contributed by atoms with Gasteiger partial charge in [-0.1, -0.05) is 35.1 Å². The summed E-state index contributed by atoms with van der Waals surface area (Å²) in [6.45, 7) is -1.38. The highest BCUT2D eigenvalue weighted by molar-refractivity contribution is 7.13. The van der Waals surface area contributed by atoms with Gasteiger partial charge in [-0.15, -0.1) is 20.4 Å². The van der Waals surface area contributed by atoms with Crippen LogP contribution in [0.1, 0.15) is 16.2 Å². The third kappa shape index (κ3) is 5.78. The summed E-state index contributed by atoms with van der Waals surface area (Å²) in [7, 11) is 0. The normalized spacial score (nSPS) is 12.4. The Morgan fingerprint density at radius 3 is 2.58 bits per heavy atom. The zero-order valence-corrected chi connectivity index (χ0v) is 21.6. The number of hydrogen-bond donors (Lipinski definition) is 2. The number of aliphatic hydroxyl groups excluding tert-OH is 1. The van der Waals surface area contributed by atoms with Gasteiger partial charge in [0.15, 0.2) is 17.8 Å². The Balaban J connectivity index is 1.45. The molecule has 0 unspecified atom stereocenters. The Kier molecular flexibility index (Phi) is 7.46. The molecule has 0 aliphatic carbocycles. The van der Waals surface area contributed by atoms with Crippen LogP contribution in [-0.2, 0) is 13.1 Å². The molecule has 2 N–H and O–H groups in total. The number of hydrogen-bond acceptors (Lipinski definition) is 9. The maximum absolute atomic E-state index is 13.1. The molecule has 3 aromatic heterocycles. The van der Waals surface area contributed by atoms with Crippen molar-refractivity contribution in [2.45, 2.75) is 25.4 Å². The molecular weight excluding hydrogens is 575 g/mol. The van der Waals surface area contributed by atoms with Crippen molar-refractivity contribution in [1.82, 2.24) is 39.3 Å². The molecule has 0 saturated heterocycles. The first-order chi connectivity index (χ1) is 19.1. The number of anilines is 1. The van der Waals surface area contributed by atoms with E-state index in [1.165, 1.54) is 40.8 Å². The number of para-hydroxylation sites is 1. The third-order valence-electron chi connectivity index (χ3n) is 5.57. The van der Waals surface area contributed by atoms with Crippen LogP contribution in [0.4, 0.5) is 18.3 Å². The predicted octanol–water partition coefficient (Wildman–Crippen LogP) is 3.02. The van der Waals surface area contributed by atoms with Gasteiger partial charge in [0.25, 0.3) is 5.91 Å². The Morgan fingerprint density at radius 1 is 1.12 bits per heavy atom. The van der Waals surface area contributed by atoms with Gasteiger partial charge in [0.05, 0.1) is 17.8 Å². The van der Waals surface area contributed by atoms with Crippen LogP contribution in [0.3, 0.4) is 0 Å². The molecule has 0 spiro atoms. The van der Waals surface area contributed by atoms with E-state index in [2.05, 4.69) is 30.7 Å². The monoisotopic (exact) mass is 591 g/mol. The standard InChI is InChI=1S/C23H17ClF3N9O3S/c24-14-7-5-13(6-8-14)19-33-35(22(39)34(19)9-17(37)23(25,26)27)10-18-28-11-36(32-18)16-4-2-1-3-15(16)20(38)30-21-31-29-12-40-21/h1-8,11-12,17,37H,9-10H2,(H,30,31,38)/t17-/m0/s1. The van der Waals surface area contributed by atoms with Crippen molar-refractivity contribution < 1.29 is 23.1 Å². The SMILES string of the molecule is O=C(Nc1nncs1)c1ccccc1-n1cnc(Cn2nc(-c3ccc(Cl)cc3)n(C[C@H](O)C(F)(F)F)c2=O)n1. The van der Waals surface area contributed by atoms with Crippen LogP contribution in [0, 0.1) is 0 Å². The summed E-state index contributed by atoms with van der Waals surface area (Å²) in [5, 5.41) is 28.9. The summed E-state index contributed by atoms with van der Waals surface area (Å²) >= 11 is 7.06. The van der Waals surface area contributed by atoms with E-state index in [0.29, 0.717) is 21.4 Å². The fourth-order valence-electron chi connectivity index (χ4n) is 3.67. The van der Waals surface area contributed by atoms with Gasteiger partial charge in [0, 0.05) is 10.6 Å². The average Bonchev–Trinajstić information content (AvgIpc) is 3.67. The van der Waals surface area contributed by atoms with Gasteiger partial charge in [-0.25, -0.2) is 19.1 Å². The van der Waals surface area contributed by atoms with E-state index in [0.717, 1.165) is 20.6 Å². The molecule has 40 heavy (non-hydrogen) atoms. The topological polar surface area (TPSA) is 146 Å². The minimum atomic E-state index is -4.95. The number of nitrogens with one attached hydrogen (secondary N) is 1. The van der Waals surface area contributed by atoms with E-state index in [1.807, 2.05) is 0 Å². The predicted molar refractivity (Wildman–Crippen MR) is 137 cm³/mol. The molecule has 17 heteroatoms. The van der Waals surface area contributed by atoms with Crippen LogP contribution in [0.5, 0.6) is 0 Å². The molecule has 0 fully saturated rings. The van der Waals surface area contributed by atoms with Crippen LogP contribution in [0.15, 0.2) is 65.2 Å². The lowest BCUT2D eigenvalue weighted by molar-refractivity contribution is -0.207. The van der Waals surface area contributed by atoms with Crippen molar-refractivity contribution in [2.75, 3.05) is 5.32 Å². The molecular formula is C23H17ClF3N9O3S. The molecule has 206 valence electrons. The zero-order valence-electron chi connectivity index (χ0n) is 20.0. The van der Waals surface area contributed by atoms with Gasteiger partial charge in [0.1, 0.15) is 18.4 Å². The second-order valence-electron chi connectivity index (χ2n) is 8.26. The molecule has 1 atom stereocenters. The Morgan fingerprint density at radius 2 is 1.88 bits per heavy atom. The number of amides is 1. The summed E-state index contributed by atoms with van der Waals surface area (Å²) in [4.78, 5) is 30.1. The summed E-state index contributed by atoms with van der Waals surface area (Å²) in [6.07, 6.45) is -6.43. The van der Waals surface area contributed by atoms with Crippen LogP contribution in [-0.4, -0.2) is 62.6 Å². The van der Waals surface area contributed by atoms with Gasteiger partial charge >= 0.3 is 11.9 Å². The molecule has 5 rings (SSSR count). The fraction of sp³-hybridized carbons (Fsp3) is 0.174. The van der Waals surface area contributed by atoms with Gasteiger partial charge < -0.3 is 5.11 Å². The number of carbonyl (C=O) groups excluding carboxylic acids is 1. The molecule has 1 amide bonds. The number of aliphatic hydroxyl groups is 1. The van der Waals surface area contributed by atoms with Crippen molar-refractivity contribution in [3.05, 3.63) is 87.3 Å². The van der Waals surface area contributed by atoms with Crippen molar-refractivity contribution in [2.24, 2.45) is 0 Å². The summed E-state index contributed by atoms with van der Waals surface area (Å²) < 4.78 is 42.2. The lowest BCUT2D eigenvalue weighted by Crippen LogP contribution is -2.37. The number of aromatic nitrogens is 8. The Hall–Kier alpha value is -4.41. The largest absolute Gasteiger partial charge is 0.416 e. The van der Waals surface area contributed by atoms with Crippen molar-refractivity contribution >= 4 is 34.0 Å². The second-order valence-corrected chi connectivity index (χ2v) is 9.53. The molecule has 0 radical (unpaired) electrons. The summed E-state index contributed by atoms with van der Waals surface area (Å²) in [5.41, 5.74) is 1.49. The van der Waals surface area contributed by atoms with Crippen LogP contribution < -0.4 is 11.0 Å². The van der Waals surface area contributed by atoms with Gasteiger partial charge in [-0.05, 0) is 36.4 Å². The molecule has 0 aliphatic heterocycles. The van der Waals surface area contributed by atoms with E-state index in [9.17, 15) is 27.9 Å². The fourth-order valence-corrected chi connectivity index (χ4v) is 4.24. The maximum Gasteiger partial charge on any atom is 0.416 e. The first-order valence-electron chi connectivity index (χ1n) is 11.4. The Labute approximate surface area is 231 Å². The lowest BCUT2D eigenvalue weighted by atomic mass is 10.1. The van der Waals surface area contributed by atoms with Gasteiger partial charge in [-0.2, -0.15) is 13.2 Å². The average molecular weight is 592 g/mol. The van der Waals surface area contributed by atoms with Crippen LogP contribution in [0.25, 0.3) is 17.1 Å². The summed E-state index contributed by atoms with van der Waals surface area (Å²) in [6, 6.07) is 12.5. The number of benzene rings is 2. The van der Waals surface area contributed by atoms with E-state index in [-0.39, 0.29) is 23.8 Å². The van der Waals surface area contributed by atoms with E-state index < -0.39 is 30.4 Å². The lowest BCUT2D eigenvalue weighted by Gasteiger charge is -2.15. The third-order valence-corrected chi connectivity index (χ3v) is 6.42. The zero-order chi connectivity index (χ0) is 28.4. The molecule has 0 saturated carbocycles. The van der Waals surface area contributed by atoms with E-state index >= 15 is 0 Å². The van der Waals surface area contributed by atoms with E-state index in [4.69, 9.17) is 11.6 Å². The van der Waals surface area contributed by atoms with Crippen molar-refractivity contribution in [1.29, 1.82) is 0 Å². The first-order valence-corrected chi connectivity index (χ1v) is 12.6. The number of nitrogens with zero attached hydrogens (tertiary/aromatic N) is 8. The van der Waals surface area contributed by atoms with E-state index in [1.54, 1.807) is 24.3 Å². The van der Waals surface area contributed by atoms with Gasteiger partial charge in [-0.3, -0.25) is 14.7 Å². The first kappa shape index (κ1) is 27.2. The highest BCUT2D eigenvalue weighted by Gasteiger charge is 2.39. The quantitative estimate of drug-likeness (QED) is 0.280. The number of halogens is 4. The highest BCUT2D eigenvalue weighted by Crippen LogP contribution is 2.24.